The van der Waals surface area contributed by atoms with E-state index < -0.39 is 7.12 Å². The number of fused-ring (bicyclic) bond motifs is 3. The number of rotatable bonds is 1. The van der Waals surface area contributed by atoms with Gasteiger partial charge in [-0.3, -0.25) is 0 Å². The van der Waals surface area contributed by atoms with E-state index in [1.165, 1.54) is 0 Å². The first-order valence-electron chi connectivity index (χ1n) is 5.73. The zero-order chi connectivity index (χ0) is 12.7. The molecule has 0 aliphatic heterocycles. The van der Waals surface area contributed by atoms with Gasteiger partial charge in [0.2, 0.25) is 0 Å². The number of nitrogens with two attached hydrogens (primary N) is 1. The van der Waals surface area contributed by atoms with Crippen LogP contribution in [-0.2, 0) is 0 Å². The van der Waals surface area contributed by atoms with Gasteiger partial charge in [0.05, 0.1) is 0 Å². The summed E-state index contributed by atoms with van der Waals surface area (Å²) < 4.78 is 0. The largest absolute Gasteiger partial charge is 0.488 e. The number of benzene rings is 3. The van der Waals surface area contributed by atoms with Crippen LogP contribution in [0, 0.1) is 0 Å². The van der Waals surface area contributed by atoms with Crippen molar-refractivity contribution in [3.63, 3.8) is 0 Å². The summed E-state index contributed by atoms with van der Waals surface area (Å²) in [6.45, 7) is 0. The highest BCUT2D eigenvalue weighted by atomic mass is 16.4. The van der Waals surface area contributed by atoms with Crippen LogP contribution < -0.4 is 11.2 Å². The van der Waals surface area contributed by atoms with E-state index in [0.29, 0.717) is 5.46 Å². The molecule has 0 aliphatic rings. The summed E-state index contributed by atoms with van der Waals surface area (Å²) in [6.07, 6.45) is 0. The summed E-state index contributed by atoms with van der Waals surface area (Å²) in [6, 6.07) is 15.2. The van der Waals surface area contributed by atoms with Crippen LogP contribution in [0.25, 0.3) is 21.5 Å². The highest BCUT2D eigenvalue weighted by Crippen LogP contribution is 2.26. The van der Waals surface area contributed by atoms with Gasteiger partial charge in [-0.05, 0) is 39.1 Å². The lowest BCUT2D eigenvalue weighted by atomic mass is 9.79. The van der Waals surface area contributed by atoms with E-state index in [0.717, 1.165) is 27.2 Å². The molecule has 0 radical (unpaired) electrons. The number of hydrogen-bond acceptors (Lipinski definition) is 3. The fourth-order valence-electron chi connectivity index (χ4n) is 2.27. The molecule has 0 saturated carbocycles. The first-order valence-corrected chi connectivity index (χ1v) is 5.73. The summed E-state index contributed by atoms with van der Waals surface area (Å²) in [5.74, 6) is 0. The second kappa shape index (κ2) is 4.01. The monoisotopic (exact) mass is 237 g/mol. The highest BCUT2D eigenvalue weighted by molar-refractivity contribution is 6.59. The maximum Gasteiger partial charge on any atom is 0.488 e. The zero-order valence-corrected chi connectivity index (χ0v) is 9.67. The Bertz CT molecular complexity index is 740. The van der Waals surface area contributed by atoms with Crippen LogP contribution in [0.4, 0.5) is 5.69 Å². The molecule has 3 rings (SSSR count). The Kier molecular flexibility index (Phi) is 2.47. The molecule has 0 aliphatic carbocycles. The third kappa shape index (κ3) is 1.72. The SMILES string of the molecule is Nc1ccc2c(ccc3cc(B(O)O)ccc32)c1. The van der Waals surface area contributed by atoms with Gasteiger partial charge in [-0.25, -0.2) is 0 Å². The molecular weight excluding hydrogens is 225 g/mol. The van der Waals surface area contributed by atoms with Gasteiger partial charge in [-0.1, -0.05) is 36.4 Å². The minimum Gasteiger partial charge on any atom is -0.423 e. The smallest absolute Gasteiger partial charge is 0.423 e. The fourth-order valence-corrected chi connectivity index (χ4v) is 2.27. The van der Waals surface area contributed by atoms with E-state index in [9.17, 15) is 10.0 Å². The standard InChI is InChI=1S/C14H12BNO2/c16-12-4-6-14-10(8-12)2-1-9-7-11(15(17)18)3-5-13(9)14/h1-8,17-18H,16H2. The summed E-state index contributed by atoms with van der Waals surface area (Å²) >= 11 is 0. The molecule has 0 heterocycles. The van der Waals surface area contributed by atoms with Crippen molar-refractivity contribution in [2.45, 2.75) is 0 Å². The molecule has 0 saturated heterocycles. The summed E-state index contributed by atoms with van der Waals surface area (Å²) in [5.41, 5.74) is 7.00. The van der Waals surface area contributed by atoms with Crippen LogP contribution in [0.15, 0.2) is 48.5 Å². The van der Waals surface area contributed by atoms with Crippen LogP contribution in [0.5, 0.6) is 0 Å². The van der Waals surface area contributed by atoms with E-state index in [-0.39, 0.29) is 0 Å². The first kappa shape index (κ1) is 11.1. The van der Waals surface area contributed by atoms with Crippen molar-refractivity contribution in [1.82, 2.24) is 0 Å². The van der Waals surface area contributed by atoms with E-state index in [1.807, 2.05) is 36.4 Å². The zero-order valence-electron chi connectivity index (χ0n) is 9.67. The topological polar surface area (TPSA) is 66.5 Å². The van der Waals surface area contributed by atoms with Crippen molar-refractivity contribution in [2.75, 3.05) is 5.73 Å². The predicted molar refractivity (Wildman–Crippen MR) is 75.7 cm³/mol. The second-order valence-corrected chi connectivity index (χ2v) is 4.40. The van der Waals surface area contributed by atoms with E-state index >= 15 is 0 Å². The van der Waals surface area contributed by atoms with E-state index in [2.05, 4.69) is 0 Å². The van der Waals surface area contributed by atoms with Gasteiger partial charge >= 0.3 is 7.12 Å². The van der Waals surface area contributed by atoms with E-state index in [4.69, 9.17) is 5.73 Å². The fraction of sp³-hybridized carbons (Fsp3) is 0. The lowest BCUT2D eigenvalue weighted by Crippen LogP contribution is -2.29. The lowest BCUT2D eigenvalue weighted by molar-refractivity contribution is 0.426. The summed E-state index contributed by atoms with van der Waals surface area (Å²) in [4.78, 5) is 0. The average molecular weight is 237 g/mol. The van der Waals surface area contributed by atoms with Crippen LogP contribution >= 0.6 is 0 Å². The van der Waals surface area contributed by atoms with Gasteiger partial charge in [-0.2, -0.15) is 0 Å². The van der Waals surface area contributed by atoms with E-state index in [1.54, 1.807) is 12.1 Å². The van der Waals surface area contributed by atoms with Crippen LogP contribution in [0.3, 0.4) is 0 Å². The summed E-state index contributed by atoms with van der Waals surface area (Å²) in [5, 5.41) is 22.6. The van der Waals surface area contributed by atoms with Gasteiger partial charge < -0.3 is 15.8 Å². The Labute approximate surface area is 105 Å². The molecule has 4 heteroatoms. The van der Waals surface area contributed by atoms with Crippen molar-refractivity contribution in [2.24, 2.45) is 0 Å². The van der Waals surface area contributed by atoms with Crippen LogP contribution in [0.2, 0.25) is 0 Å². The van der Waals surface area contributed by atoms with Gasteiger partial charge in [-0.15, -0.1) is 0 Å². The molecular formula is C14H12BNO2. The van der Waals surface area contributed by atoms with Gasteiger partial charge in [0.1, 0.15) is 0 Å². The lowest BCUT2D eigenvalue weighted by Gasteiger charge is -2.07. The van der Waals surface area contributed by atoms with Crippen LogP contribution in [0.1, 0.15) is 0 Å². The number of anilines is 1. The van der Waals surface area contributed by atoms with Crippen molar-refractivity contribution in [3.8, 4) is 0 Å². The Hall–Kier alpha value is -2.04. The third-order valence-electron chi connectivity index (χ3n) is 3.18. The molecule has 0 bridgehead atoms. The highest BCUT2D eigenvalue weighted by Gasteiger charge is 2.11. The second-order valence-electron chi connectivity index (χ2n) is 4.40. The molecule has 0 aromatic heterocycles. The predicted octanol–water partition coefficient (Wildman–Crippen LogP) is 1.25. The molecule has 88 valence electrons. The molecule has 0 spiro atoms. The average Bonchev–Trinajstić information content (AvgIpc) is 2.37. The molecule has 4 N–H and O–H groups in total. The van der Waals surface area contributed by atoms with Gasteiger partial charge in [0, 0.05) is 5.69 Å². The maximum atomic E-state index is 9.17. The quantitative estimate of drug-likeness (QED) is 0.339. The van der Waals surface area contributed by atoms with Crippen molar-refractivity contribution in [3.05, 3.63) is 48.5 Å². The van der Waals surface area contributed by atoms with Gasteiger partial charge in [0.15, 0.2) is 0 Å². The minimum atomic E-state index is -1.43. The van der Waals surface area contributed by atoms with Gasteiger partial charge in [0.25, 0.3) is 0 Å². The Balaban J connectivity index is 2.35. The third-order valence-corrected chi connectivity index (χ3v) is 3.18. The normalized spacial score (nSPS) is 11.0. The molecule has 3 aromatic rings. The molecule has 0 atom stereocenters. The molecule has 3 aromatic carbocycles. The van der Waals surface area contributed by atoms with Crippen molar-refractivity contribution >= 4 is 39.8 Å². The minimum absolute atomic E-state index is 0.497. The van der Waals surface area contributed by atoms with Crippen LogP contribution in [-0.4, -0.2) is 17.2 Å². The van der Waals surface area contributed by atoms with Crippen molar-refractivity contribution in [1.29, 1.82) is 0 Å². The summed E-state index contributed by atoms with van der Waals surface area (Å²) in [7, 11) is -1.43. The Morgan fingerprint density at radius 2 is 1.39 bits per heavy atom. The Morgan fingerprint density at radius 1 is 0.778 bits per heavy atom. The van der Waals surface area contributed by atoms with Crippen molar-refractivity contribution < 1.29 is 10.0 Å². The molecule has 0 amide bonds. The number of nitrogen functional groups attached to an aromatic ring is 1. The first-order chi connectivity index (χ1) is 8.65. The Morgan fingerprint density at radius 3 is 2.06 bits per heavy atom. The molecule has 18 heavy (non-hydrogen) atoms. The molecule has 3 nitrogen and oxygen atoms in total. The maximum absolute atomic E-state index is 9.17. The molecule has 0 unspecified atom stereocenters. The number of hydrogen-bond donors (Lipinski definition) is 3. The molecule has 0 fully saturated rings.